The van der Waals surface area contributed by atoms with Gasteiger partial charge in [-0.3, -0.25) is 9.63 Å². The predicted molar refractivity (Wildman–Crippen MR) is 58.3 cm³/mol. The Morgan fingerprint density at radius 1 is 1.62 bits per heavy atom. The first-order valence-corrected chi connectivity index (χ1v) is 5.79. The molecular formula is C11H20N2O3. The molecule has 3 N–H and O–H groups in total. The van der Waals surface area contributed by atoms with Crippen molar-refractivity contribution in [1.82, 2.24) is 5.48 Å². The Morgan fingerprint density at radius 3 is 2.94 bits per heavy atom. The highest BCUT2D eigenvalue weighted by Crippen LogP contribution is 2.58. The van der Waals surface area contributed by atoms with Crippen LogP contribution in [0.4, 0.5) is 0 Å². The molecular weight excluding hydrogens is 208 g/mol. The zero-order valence-electron chi connectivity index (χ0n) is 10.1. The van der Waals surface area contributed by atoms with Gasteiger partial charge in [-0.25, -0.2) is 5.48 Å². The average molecular weight is 228 g/mol. The van der Waals surface area contributed by atoms with Crippen LogP contribution in [0.15, 0.2) is 0 Å². The largest absolute Gasteiger partial charge is 0.377 e. The van der Waals surface area contributed by atoms with Crippen LogP contribution in [0.2, 0.25) is 0 Å². The number of fused-ring (bicyclic) bond motifs is 1. The molecule has 0 aromatic carbocycles. The summed E-state index contributed by atoms with van der Waals surface area (Å²) in [5.41, 5.74) is 7.49. The predicted octanol–water partition coefficient (Wildman–Crippen LogP) is 0.197. The topological polar surface area (TPSA) is 73.6 Å². The second-order valence-corrected chi connectivity index (χ2v) is 5.14. The van der Waals surface area contributed by atoms with E-state index in [-0.39, 0.29) is 23.3 Å². The van der Waals surface area contributed by atoms with Gasteiger partial charge < -0.3 is 10.5 Å². The average Bonchev–Trinajstić information content (AvgIpc) is 2.72. The number of ether oxygens (including phenoxy) is 1. The Kier molecular flexibility index (Phi) is 2.72. The third kappa shape index (κ3) is 1.25. The zero-order valence-corrected chi connectivity index (χ0v) is 10.1. The van der Waals surface area contributed by atoms with Gasteiger partial charge in [0.15, 0.2) is 0 Å². The summed E-state index contributed by atoms with van der Waals surface area (Å²) in [6.07, 6.45) is 0.953. The van der Waals surface area contributed by atoms with Crippen molar-refractivity contribution in [2.45, 2.75) is 38.8 Å². The van der Waals surface area contributed by atoms with Gasteiger partial charge >= 0.3 is 0 Å². The second kappa shape index (κ2) is 3.68. The van der Waals surface area contributed by atoms with E-state index in [1.807, 2.05) is 20.8 Å². The maximum absolute atomic E-state index is 12.0. The monoisotopic (exact) mass is 228 g/mol. The minimum atomic E-state index is -0.872. The van der Waals surface area contributed by atoms with E-state index in [2.05, 4.69) is 5.48 Å². The number of nitrogens with two attached hydrogens (primary N) is 1. The lowest BCUT2D eigenvalue weighted by Gasteiger charge is -2.60. The third-order valence-corrected chi connectivity index (χ3v) is 4.14. The highest BCUT2D eigenvalue weighted by atomic mass is 16.6. The Hall–Kier alpha value is -0.650. The van der Waals surface area contributed by atoms with Crippen molar-refractivity contribution in [2.75, 3.05) is 13.2 Å². The molecule has 1 aliphatic heterocycles. The number of hydroxylamine groups is 1. The molecule has 2 rings (SSSR count). The number of hydrogen-bond acceptors (Lipinski definition) is 4. The van der Waals surface area contributed by atoms with Crippen molar-refractivity contribution in [3.05, 3.63) is 0 Å². The second-order valence-electron chi connectivity index (χ2n) is 5.14. The van der Waals surface area contributed by atoms with Gasteiger partial charge in [-0.15, -0.1) is 0 Å². The molecule has 1 amide bonds. The molecule has 2 aliphatic rings. The van der Waals surface area contributed by atoms with Crippen molar-refractivity contribution >= 4 is 5.91 Å². The van der Waals surface area contributed by atoms with E-state index in [9.17, 15) is 4.79 Å². The van der Waals surface area contributed by atoms with Gasteiger partial charge in [-0.1, -0.05) is 13.8 Å². The molecule has 0 spiro atoms. The molecule has 2 fully saturated rings. The first-order chi connectivity index (χ1) is 7.46. The van der Waals surface area contributed by atoms with Gasteiger partial charge in [0.1, 0.15) is 5.54 Å². The van der Waals surface area contributed by atoms with Crippen molar-refractivity contribution < 1.29 is 14.4 Å². The number of carbonyl (C=O) groups excluding carboxylic acids is 1. The fraction of sp³-hybridized carbons (Fsp3) is 0.909. The van der Waals surface area contributed by atoms with Gasteiger partial charge in [0, 0.05) is 17.9 Å². The van der Waals surface area contributed by atoms with Crippen molar-refractivity contribution in [3.8, 4) is 0 Å². The molecule has 0 bridgehead atoms. The summed E-state index contributed by atoms with van der Waals surface area (Å²) >= 11 is 0. The molecule has 1 saturated heterocycles. The van der Waals surface area contributed by atoms with Crippen molar-refractivity contribution in [2.24, 2.45) is 17.1 Å². The molecule has 1 aliphatic carbocycles. The van der Waals surface area contributed by atoms with Crippen LogP contribution in [-0.2, 0) is 14.4 Å². The highest BCUT2D eigenvalue weighted by Gasteiger charge is 2.71. The third-order valence-electron chi connectivity index (χ3n) is 4.14. The smallest absolute Gasteiger partial charge is 0.264 e. The van der Waals surface area contributed by atoms with E-state index >= 15 is 0 Å². The number of hydrogen-bond donors (Lipinski definition) is 2. The molecule has 0 aromatic rings. The number of carbonyl (C=O) groups is 1. The van der Waals surface area contributed by atoms with E-state index in [4.69, 9.17) is 15.3 Å². The molecule has 92 valence electrons. The van der Waals surface area contributed by atoms with Gasteiger partial charge in [0.2, 0.25) is 0 Å². The summed E-state index contributed by atoms with van der Waals surface area (Å²) in [5.74, 6) is -0.117. The van der Waals surface area contributed by atoms with Crippen LogP contribution in [-0.4, -0.2) is 30.8 Å². The summed E-state index contributed by atoms with van der Waals surface area (Å²) in [6, 6.07) is 0. The van der Waals surface area contributed by atoms with E-state index in [0.29, 0.717) is 13.2 Å². The van der Waals surface area contributed by atoms with Crippen LogP contribution in [0.1, 0.15) is 27.2 Å². The fourth-order valence-electron chi connectivity index (χ4n) is 3.07. The van der Waals surface area contributed by atoms with Crippen LogP contribution >= 0.6 is 0 Å². The van der Waals surface area contributed by atoms with Crippen LogP contribution in [0.3, 0.4) is 0 Å². The molecule has 3 atom stereocenters. The fourth-order valence-corrected chi connectivity index (χ4v) is 3.07. The summed E-state index contributed by atoms with van der Waals surface area (Å²) < 4.78 is 5.62. The number of rotatable bonds is 3. The summed E-state index contributed by atoms with van der Waals surface area (Å²) in [7, 11) is 0. The van der Waals surface area contributed by atoms with E-state index < -0.39 is 5.54 Å². The number of nitrogens with one attached hydrogen (secondary N) is 1. The Labute approximate surface area is 95.6 Å². The van der Waals surface area contributed by atoms with Gasteiger partial charge in [0.05, 0.1) is 12.7 Å². The van der Waals surface area contributed by atoms with Crippen molar-refractivity contribution in [1.29, 1.82) is 0 Å². The van der Waals surface area contributed by atoms with E-state index in [0.717, 1.165) is 6.42 Å². The maximum atomic E-state index is 12.0. The van der Waals surface area contributed by atoms with Crippen LogP contribution in [0.25, 0.3) is 0 Å². The molecule has 0 radical (unpaired) electrons. The minimum Gasteiger partial charge on any atom is -0.377 e. The van der Waals surface area contributed by atoms with Gasteiger partial charge in [-0.05, 0) is 13.3 Å². The first-order valence-electron chi connectivity index (χ1n) is 5.79. The van der Waals surface area contributed by atoms with E-state index in [1.54, 1.807) is 0 Å². The lowest BCUT2D eigenvalue weighted by atomic mass is 9.48. The SMILES string of the molecule is CCONC(=O)C1(N)C2CCOC2C1(C)C. The Bertz CT molecular complexity index is 306. The molecule has 0 aromatic heterocycles. The Balaban J connectivity index is 2.14. The van der Waals surface area contributed by atoms with Crippen LogP contribution in [0.5, 0.6) is 0 Å². The van der Waals surface area contributed by atoms with E-state index in [1.165, 1.54) is 0 Å². The lowest BCUT2D eigenvalue weighted by molar-refractivity contribution is -0.184. The Morgan fingerprint density at radius 2 is 2.31 bits per heavy atom. The normalized spacial score (nSPS) is 40.0. The highest BCUT2D eigenvalue weighted by molar-refractivity contribution is 5.88. The van der Waals surface area contributed by atoms with Crippen molar-refractivity contribution in [3.63, 3.8) is 0 Å². The summed E-state index contributed by atoms with van der Waals surface area (Å²) in [6.45, 7) is 6.90. The summed E-state index contributed by atoms with van der Waals surface area (Å²) in [5, 5.41) is 0. The molecule has 3 unspecified atom stereocenters. The molecule has 1 heterocycles. The molecule has 5 heteroatoms. The van der Waals surface area contributed by atoms with Crippen LogP contribution in [0, 0.1) is 11.3 Å². The molecule has 5 nitrogen and oxygen atoms in total. The van der Waals surface area contributed by atoms with Gasteiger partial charge in [0.25, 0.3) is 5.91 Å². The number of amides is 1. The maximum Gasteiger partial charge on any atom is 0.264 e. The van der Waals surface area contributed by atoms with Gasteiger partial charge in [-0.2, -0.15) is 0 Å². The zero-order chi connectivity index (χ0) is 12.0. The lowest BCUT2D eigenvalue weighted by Crippen LogP contribution is -2.80. The standard InChI is InChI=1S/C11H20N2O3/c1-4-16-13-9(14)11(12)7-5-6-15-8(7)10(11,2)3/h7-8H,4-6,12H2,1-3H3,(H,13,14). The molecule has 16 heavy (non-hydrogen) atoms. The van der Waals surface area contributed by atoms with Crippen LogP contribution < -0.4 is 11.2 Å². The quantitative estimate of drug-likeness (QED) is 0.677. The minimum absolute atomic E-state index is 0.102. The summed E-state index contributed by atoms with van der Waals surface area (Å²) in [4.78, 5) is 17.0. The first kappa shape index (κ1) is 11.8. The molecule has 1 saturated carbocycles.